The molecule has 1 atom stereocenters. The van der Waals surface area contributed by atoms with E-state index in [1.54, 1.807) is 36.4 Å². The molecule has 8 heteroatoms. The van der Waals surface area contributed by atoms with Crippen LogP contribution >= 0.6 is 0 Å². The zero-order valence-corrected chi connectivity index (χ0v) is 16.3. The molecule has 2 N–H and O–H groups in total. The third-order valence-corrected chi connectivity index (χ3v) is 4.38. The van der Waals surface area contributed by atoms with Crippen molar-refractivity contribution in [1.82, 2.24) is 10.2 Å². The Bertz CT molecular complexity index is 1120. The maximum absolute atomic E-state index is 12.4. The Labute approximate surface area is 166 Å². The van der Waals surface area contributed by atoms with Crippen molar-refractivity contribution in [3.63, 3.8) is 0 Å². The minimum Gasteiger partial charge on any atom is -0.495 e. The number of H-pyrrole nitrogens is 1. The highest BCUT2D eigenvalue weighted by molar-refractivity contribution is 5.96. The lowest BCUT2D eigenvalue weighted by molar-refractivity contribution is -0.152. The summed E-state index contributed by atoms with van der Waals surface area (Å²) in [5, 5.41) is 10.0. The molecule has 1 aromatic heterocycles. The number of hydrogen-bond acceptors (Lipinski definition) is 6. The molecule has 1 amide bonds. The molecule has 0 saturated carbocycles. The van der Waals surface area contributed by atoms with E-state index in [9.17, 15) is 14.4 Å². The Morgan fingerprint density at radius 3 is 2.62 bits per heavy atom. The van der Waals surface area contributed by atoms with Crippen LogP contribution in [0.1, 0.15) is 18.2 Å². The van der Waals surface area contributed by atoms with Gasteiger partial charge in [-0.25, -0.2) is 5.10 Å². The van der Waals surface area contributed by atoms with Crippen molar-refractivity contribution in [2.45, 2.75) is 26.4 Å². The second-order valence-electron chi connectivity index (χ2n) is 6.55. The van der Waals surface area contributed by atoms with Crippen molar-refractivity contribution >= 4 is 28.3 Å². The van der Waals surface area contributed by atoms with E-state index in [2.05, 4.69) is 15.5 Å². The average molecular weight is 395 g/mol. The Balaban J connectivity index is 1.68. The Kier molecular flexibility index (Phi) is 5.92. The summed E-state index contributed by atoms with van der Waals surface area (Å²) < 4.78 is 10.5. The SMILES string of the molecule is COc1ccc(C)cc1NC(=O)C(C)OC(=O)Cc1n[nH]c(=O)c2ccccc12. The van der Waals surface area contributed by atoms with E-state index in [4.69, 9.17) is 9.47 Å². The molecule has 0 fully saturated rings. The molecule has 8 nitrogen and oxygen atoms in total. The fourth-order valence-corrected chi connectivity index (χ4v) is 2.89. The van der Waals surface area contributed by atoms with E-state index < -0.39 is 18.0 Å². The van der Waals surface area contributed by atoms with Gasteiger partial charge < -0.3 is 14.8 Å². The van der Waals surface area contributed by atoms with Gasteiger partial charge in [-0.3, -0.25) is 14.4 Å². The number of ether oxygens (including phenoxy) is 2. The van der Waals surface area contributed by atoms with Crippen molar-refractivity contribution in [2.75, 3.05) is 12.4 Å². The van der Waals surface area contributed by atoms with Gasteiger partial charge in [-0.05, 0) is 37.6 Å². The molecule has 0 aliphatic carbocycles. The van der Waals surface area contributed by atoms with Gasteiger partial charge in [0.25, 0.3) is 11.5 Å². The number of aromatic amines is 1. The summed E-state index contributed by atoms with van der Waals surface area (Å²) in [5.74, 6) is -0.610. The molecule has 0 aliphatic rings. The predicted octanol–water partition coefficient (Wildman–Crippen LogP) is 2.35. The number of benzene rings is 2. The fraction of sp³-hybridized carbons (Fsp3) is 0.238. The molecule has 29 heavy (non-hydrogen) atoms. The maximum atomic E-state index is 12.4. The van der Waals surface area contributed by atoms with Crippen molar-refractivity contribution in [3.05, 3.63) is 64.1 Å². The molecule has 1 unspecified atom stereocenters. The van der Waals surface area contributed by atoms with Crippen molar-refractivity contribution in [1.29, 1.82) is 0 Å². The van der Waals surface area contributed by atoms with Crippen LogP contribution in [0.5, 0.6) is 5.75 Å². The molecular weight excluding hydrogens is 374 g/mol. The van der Waals surface area contributed by atoms with Crippen LogP contribution in [0.3, 0.4) is 0 Å². The number of aromatic nitrogens is 2. The number of carbonyl (C=O) groups is 2. The summed E-state index contributed by atoms with van der Waals surface area (Å²) in [7, 11) is 1.51. The smallest absolute Gasteiger partial charge is 0.312 e. The van der Waals surface area contributed by atoms with E-state index >= 15 is 0 Å². The van der Waals surface area contributed by atoms with Gasteiger partial charge in [0, 0.05) is 5.39 Å². The van der Waals surface area contributed by atoms with E-state index in [1.165, 1.54) is 14.0 Å². The van der Waals surface area contributed by atoms with Gasteiger partial charge in [0.15, 0.2) is 6.10 Å². The molecule has 150 valence electrons. The zero-order chi connectivity index (χ0) is 21.0. The summed E-state index contributed by atoms with van der Waals surface area (Å²) >= 11 is 0. The molecular formula is C21H21N3O5. The number of esters is 1. The number of anilines is 1. The van der Waals surface area contributed by atoms with Crippen molar-refractivity contribution in [2.24, 2.45) is 0 Å². The first kappa shape index (κ1) is 20.1. The van der Waals surface area contributed by atoms with Crippen molar-refractivity contribution in [3.8, 4) is 5.75 Å². The topological polar surface area (TPSA) is 110 Å². The number of rotatable bonds is 6. The standard InChI is InChI=1S/C21H21N3O5/c1-12-8-9-18(28-3)17(10-12)22-20(26)13(2)29-19(25)11-16-14-6-4-5-7-15(14)21(27)24-23-16/h4-10,13H,11H2,1-3H3,(H,22,26)(H,24,27). The van der Waals surface area contributed by atoms with Crippen LogP contribution in [0.4, 0.5) is 5.69 Å². The van der Waals surface area contributed by atoms with Crippen LogP contribution in [-0.2, 0) is 20.7 Å². The molecule has 0 spiro atoms. The van der Waals surface area contributed by atoms with Crippen LogP contribution in [0, 0.1) is 6.92 Å². The van der Waals surface area contributed by atoms with Crippen LogP contribution in [-0.4, -0.2) is 35.3 Å². The largest absolute Gasteiger partial charge is 0.495 e. The van der Waals surface area contributed by atoms with Gasteiger partial charge in [0.2, 0.25) is 0 Å². The lowest BCUT2D eigenvalue weighted by Crippen LogP contribution is -2.31. The van der Waals surface area contributed by atoms with Crippen LogP contribution in [0.2, 0.25) is 0 Å². The normalized spacial score (nSPS) is 11.7. The van der Waals surface area contributed by atoms with Crippen LogP contribution in [0.15, 0.2) is 47.3 Å². The van der Waals surface area contributed by atoms with E-state index in [-0.39, 0.29) is 12.0 Å². The molecule has 0 aliphatic heterocycles. The number of amides is 1. The van der Waals surface area contributed by atoms with Gasteiger partial charge in [0.05, 0.1) is 30.3 Å². The van der Waals surface area contributed by atoms with E-state index in [0.717, 1.165) is 5.56 Å². The first-order chi connectivity index (χ1) is 13.9. The van der Waals surface area contributed by atoms with Gasteiger partial charge in [-0.2, -0.15) is 5.10 Å². The molecule has 0 saturated heterocycles. The number of carbonyl (C=O) groups excluding carboxylic acids is 2. The number of hydrogen-bond donors (Lipinski definition) is 2. The predicted molar refractivity (Wildman–Crippen MR) is 108 cm³/mol. The minimum absolute atomic E-state index is 0.178. The number of aryl methyl sites for hydroxylation is 1. The number of fused-ring (bicyclic) bond motifs is 1. The first-order valence-electron chi connectivity index (χ1n) is 9.00. The Hall–Kier alpha value is -3.68. The quantitative estimate of drug-likeness (QED) is 0.620. The van der Waals surface area contributed by atoms with Gasteiger partial charge in [-0.15, -0.1) is 0 Å². The number of nitrogens with zero attached hydrogens (tertiary/aromatic N) is 1. The highest BCUT2D eigenvalue weighted by Gasteiger charge is 2.20. The summed E-state index contributed by atoms with van der Waals surface area (Å²) in [6, 6.07) is 12.2. The maximum Gasteiger partial charge on any atom is 0.312 e. The third kappa shape index (κ3) is 4.60. The average Bonchev–Trinajstić information content (AvgIpc) is 2.70. The monoisotopic (exact) mass is 395 g/mol. The highest BCUT2D eigenvalue weighted by Crippen LogP contribution is 2.25. The van der Waals surface area contributed by atoms with E-state index in [0.29, 0.717) is 27.9 Å². The van der Waals surface area contributed by atoms with Crippen molar-refractivity contribution < 1.29 is 19.1 Å². The molecule has 3 aromatic rings. The summed E-state index contributed by atoms with van der Waals surface area (Å²) in [4.78, 5) is 36.6. The number of methoxy groups -OCH3 is 1. The highest BCUT2D eigenvalue weighted by atomic mass is 16.5. The van der Waals surface area contributed by atoms with E-state index in [1.807, 2.05) is 13.0 Å². The Morgan fingerprint density at radius 2 is 1.90 bits per heavy atom. The van der Waals surface area contributed by atoms with Crippen LogP contribution in [0.25, 0.3) is 10.8 Å². The van der Waals surface area contributed by atoms with Crippen LogP contribution < -0.4 is 15.6 Å². The van der Waals surface area contributed by atoms with Gasteiger partial charge >= 0.3 is 5.97 Å². The lowest BCUT2D eigenvalue weighted by Gasteiger charge is -2.15. The second-order valence-corrected chi connectivity index (χ2v) is 6.55. The van der Waals surface area contributed by atoms with Gasteiger partial charge in [0.1, 0.15) is 5.75 Å². The zero-order valence-electron chi connectivity index (χ0n) is 16.3. The summed E-state index contributed by atoms with van der Waals surface area (Å²) in [6.07, 6.45) is -1.20. The molecule has 0 bridgehead atoms. The second kappa shape index (κ2) is 8.55. The first-order valence-corrected chi connectivity index (χ1v) is 9.00. The van der Waals surface area contributed by atoms with Gasteiger partial charge in [-0.1, -0.05) is 24.3 Å². The Morgan fingerprint density at radius 1 is 1.17 bits per heavy atom. The molecule has 1 heterocycles. The lowest BCUT2D eigenvalue weighted by atomic mass is 10.1. The number of nitrogens with one attached hydrogen (secondary N) is 2. The molecule has 2 aromatic carbocycles. The fourth-order valence-electron chi connectivity index (χ4n) is 2.89. The molecule has 0 radical (unpaired) electrons. The third-order valence-electron chi connectivity index (χ3n) is 4.38. The summed E-state index contributed by atoms with van der Waals surface area (Å²) in [6.45, 7) is 3.37. The summed E-state index contributed by atoms with van der Waals surface area (Å²) in [5.41, 5.74) is 1.48. The minimum atomic E-state index is -1.03. The molecule has 3 rings (SSSR count).